The van der Waals surface area contributed by atoms with Crippen molar-refractivity contribution in [2.45, 2.75) is 66.1 Å². The van der Waals surface area contributed by atoms with Gasteiger partial charge < -0.3 is 4.90 Å². The fourth-order valence-electron chi connectivity index (χ4n) is 3.05. The average Bonchev–Trinajstić information content (AvgIpc) is 3.09. The summed E-state index contributed by atoms with van der Waals surface area (Å²) in [4.78, 5) is 29.1. The van der Waals surface area contributed by atoms with E-state index < -0.39 is 11.7 Å². The zero-order chi connectivity index (χ0) is 19.9. The van der Waals surface area contributed by atoms with Crippen molar-refractivity contribution in [3.8, 4) is 0 Å². The Morgan fingerprint density at radius 3 is 2.38 bits per heavy atom. The largest absolute Gasteiger partial charge is 0.417 e. The van der Waals surface area contributed by atoms with Crippen LogP contribution in [0.25, 0.3) is 0 Å². The molecule has 1 fully saturated rings. The van der Waals surface area contributed by atoms with Gasteiger partial charge >= 0.3 is 6.18 Å². The fourth-order valence-corrected chi connectivity index (χ4v) is 3.05. The van der Waals surface area contributed by atoms with Crippen molar-refractivity contribution in [3.05, 3.63) is 29.1 Å². The van der Waals surface area contributed by atoms with E-state index in [1.165, 1.54) is 0 Å². The summed E-state index contributed by atoms with van der Waals surface area (Å²) in [5.41, 5.74) is 0.259. The number of alkyl halides is 3. The van der Waals surface area contributed by atoms with Gasteiger partial charge in [-0.2, -0.15) is 13.2 Å². The first-order valence-corrected chi connectivity index (χ1v) is 9.20. The molecule has 1 amide bonds. The van der Waals surface area contributed by atoms with Crippen LogP contribution in [-0.4, -0.2) is 28.1 Å². The van der Waals surface area contributed by atoms with E-state index in [4.69, 9.17) is 0 Å². The van der Waals surface area contributed by atoms with E-state index in [9.17, 15) is 22.8 Å². The molecule has 1 aromatic rings. The van der Waals surface area contributed by atoms with Crippen molar-refractivity contribution < 1.29 is 22.8 Å². The van der Waals surface area contributed by atoms with Gasteiger partial charge in [0.25, 0.3) is 0 Å². The van der Waals surface area contributed by atoms with Crippen molar-refractivity contribution in [2.75, 3.05) is 6.54 Å². The van der Waals surface area contributed by atoms with Crippen LogP contribution in [0.15, 0.2) is 12.3 Å². The number of hydrogen-bond donors (Lipinski definition) is 0. The second kappa shape index (κ2) is 9.69. The number of rotatable bonds is 1. The molecule has 1 unspecified atom stereocenters. The zero-order valence-electron chi connectivity index (χ0n) is 15.8. The Morgan fingerprint density at radius 1 is 1.19 bits per heavy atom. The number of pyridine rings is 1. The van der Waals surface area contributed by atoms with E-state index in [0.717, 1.165) is 12.3 Å². The molecule has 3 rings (SSSR count). The summed E-state index contributed by atoms with van der Waals surface area (Å²) in [7, 11) is 0. The second-order valence-electron chi connectivity index (χ2n) is 5.82. The van der Waals surface area contributed by atoms with Gasteiger partial charge in [0.2, 0.25) is 5.91 Å². The normalized spacial score (nSPS) is 19.0. The molecule has 1 saturated carbocycles. The molecule has 0 radical (unpaired) electrons. The van der Waals surface area contributed by atoms with Gasteiger partial charge in [0.15, 0.2) is 0 Å². The summed E-state index contributed by atoms with van der Waals surface area (Å²) in [6, 6.07) is 1.07. The third kappa shape index (κ3) is 5.29. The highest BCUT2D eigenvalue weighted by Crippen LogP contribution is 2.32. The summed E-state index contributed by atoms with van der Waals surface area (Å²) >= 11 is 0. The van der Waals surface area contributed by atoms with Gasteiger partial charge in [-0.25, -0.2) is 0 Å². The van der Waals surface area contributed by atoms with Crippen molar-refractivity contribution in [1.82, 2.24) is 9.88 Å². The molecular formula is C19H27F3N2O2. The minimum absolute atomic E-state index is 0.0804. The van der Waals surface area contributed by atoms with Crippen LogP contribution in [0, 0.1) is 5.92 Å². The molecule has 2 heterocycles. The number of Topliss-reactive ketones (excluding diaryl/α,β-unsaturated/α-hetero) is 1. The first-order valence-electron chi connectivity index (χ1n) is 9.20. The molecule has 0 aromatic carbocycles. The van der Waals surface area contributed by atoms with Gasteiger partial charge in [0.05, 0.1) is 5.56 Å². The standard InChI is InChI=1S/C15H15F3N2O2.2C2H6/c16-15(17,18)11-5-10-8-20(4-3-13(10)19-7-11)14(22)9-1-2-12(21)6-9;2*1-2/h5,7,9H,1-4,6,8H2;2*1-2H3. The summed E-state index contributed by atoms with van der Waals surface area (Å²) in [6.45, 7) is 8.57. The fraction of sp³-hybridized carbons (Fsp3) is 0.632. The SMILES string of the molecule is CC.CC.O=C1CCC(C(=O)N2CCc3ncc(C(F)(F)F)cc3C2)C1. The van der Waals surface area contributed by atoms with Gasteiger partial charge in [0.1, 0.15) is 5.78 Å². The van der Waals surface area contributed by atoms with Gasteiger partial charge in [-0.1, -0.05) is 27.7 Å². The van der Waals surface area contributed by atoms with Crippen LogP contribution in [0.1, 0.15) is 63.8 Å². The lowest BCUT2D eigenvalue weighted by Crippen LogP contribution is -2.39. The molecule has 1 aromatic heterocycles. The lowest BCUT2D eigenvalue weighted by Gasteiger charge is -2.30. The molecule has 7 heteroatoms. The molecular weight excluding hydrogens is 345 g/mol. The third-order valence-electron chi connectivity index (χ3n) is 4.27. The molecule has 0 spiro atoms. The lowest BCUT2D eigenvalue weighted by atomic mass is 10.0. The molecule has 2 aliphatic rings. The zero-order valence-corrected chi connectivity index (χ0v) is 15.8. The van der Waals surface area contributed by atoms with Crippen molar-refractivity contribution in [1.29, 1.82) is 0 Å². The number of carbonyl (C=O) groups is 2. The number of hydrogen-bond acceptors (Lipinski definition) is 3. The van der Waals surface area contributed by atoms with Gasteiger partial charge in [-0.05, 0) is 18.1 Å². The molecule has 1 aliphatic heterocycles. The Balaban J connectivity index is 0.000000791. The highest BCUT2D eigenvalue weighted by molar-refractivity contribution is 5.90. The Kier molecular flexibility index (Phi) is 8.24. The molecule has 4 nitrogen and oxygen atoms in total. The minimum atomic E-state index is -4.44. The Morgan fingerprint density at radius 2 is 1.85 bits per heavy atom. The van der Waals surface area contributed by atoms with Crippen LogP contribution < -0.4 is 0 Å². The highest BCUT2D eigenvalue weighted by atomic mass is 19.4. The number of carbonyl (C=O) groups excluding carboxylic acids is 2. The maximum Gasteiger partial charge on any atom is 0.417 e. The van der Waals surface area contributed by atoms with E-state index in [0.29, 0.717) is 37.1 Å². The Labute approximate surface area is 152 Å². The van der Waals surface area contributed by atoms with E-state index in [-0.39, 0.29) is 30.6 Å². The van der Waals surface area contributed by atoms with E-state index in [1.807, 2.05) is 27.7 Å². The highest BCUT2D eigenvalue weighted by Gasteiger charge is 2.35. The molecule has 1 aliphatic carbocycles. The average molecular weight is 372 g/mol. The molecule has 26 heavy (non-hydrogen) atoms. The van der Waals surface area contributed by atoms with Crippen LogP contribution in [-0.2, 0) is 28.7 Å². The molecule has 0 saturated heterocycles. The minimum Gasteiger partial charge on any atom is -0.338 e. The maximum absolute atomic E-state index is 12.7. The smallest absolute Gasteiger partial charge is 0.338 e. The second-order valence-corrected chi connectivity index (χ2v) is 5.82. The predicted molar refractivity (Wildman–Crippen MR) is 93.4 cm³/mol. The summed E-state index contributed by atoms with van der Waals surface area (Å²) in [6.07, 6.45) is -1.94. The first-order chi connectivity index (χ1) is 12.3. The number of fused-ring (bicyclic) bond motifs is 1. The van der Waals surface area contributed by atoms with E-state index in [2.05, 4.69) is 4.98 Å². The van der Waals surface area contributed by atoms with Gasteiger partial charge in [-0.15, -0.1) is 0 Å². The number of halogens is 3. The molecule has 0 N–H and O–H groups in total. The number of aromatic nitrogens is 1. The summed E-state index contributed by atoms with van der Waals surface area (Å²) in [5.74, 6) is -0.362. The number of amides is 1. The molecule has 0 bridgehead atoms. The van der Waals surface area contributed by atoms with Crippen molar-refractivity contribution in [2.24, 2.45) is 5.92 Å². The van der Waals surface area contributed by atoms with Crippen molar-refractivity contribution >= 4 is 11.7 Å². The van der Waals surface area contributed by atoms with E-state index >= 15 is 0 Å². The van der Waals surface area contributed by atoms with Crippen molar-refractivity contribution in [3.63, 3.8) is 0 Å². The molecule has 1 atom stereocenters. The van der Waals surface area contributed by atoms with Gasteiger partial charge in [0, 0.05) is 50.2 Å². The first kappa shape index (κ1) is 22.1. The number of ketones is 1. The lowest BCUT2D eigenvalue weighted by molar-refractivity contribution is -0.138. The Hall–Kier alpha value is -1.92. The summed E-state index contributed by atoms with van der Waals surface area (Å²) < 4.78 is 38.2. The van der Waals surface area contributed by atoms with Gasteiger partial charge in [-0.3, -0.25) is 14.6 Å². The monoisotopic (exact) mass is 372 g/mol. The van der Waals surface area contributed by atoms with Crippen LogP contribution in [0.4, 0.5) is 13.2 Å². The third-order valence-corrected chi connectivity index (χ3v) is 4.27. The van der Waals surface area contributed by atoms with E-state index in [1.54, 1.807) is 4.90 Å². The number of nitrogens with zero attached hydrogens (tertiary/aromatic N) is 2. The maximum atomic E-state index is 12.7. The van der Waals surface area contributed by atoms with Crippen LogP contribution >= 0.6 is 0 Å². The Bertz CT molecular complexity index is 630. The topological polar surface area (TPSA) is 50.3 Å². The van der Waals surface area contributed by atoms with Crippen LogP contribution in [0.2, 0.25) is 0 Å². The van der Waals surface area contributed by atoms with Crippen LogP contribution in [0.5, 0.6) is 0 Å². The van der Waals surface area contributed by atoms with Crippen LogP contribution in [0.3, 0.4) is 0 Å². The predicted octanol–water partition coefficient (Wildman–Crippen LogP) is 4.41. The molecule has 146 valence electrons. The quantitative estimate of drug-likeness (QED) is 0.734. The summed E-state index contributed by atoms with van der Waals surface area (Å²) in [5, 5.41) is 0.